The Kier molecular flexibility index (Phi) is 3.42. The standard InChI is InChI=1S/C17H17NO2/c1-2-18-17(19)20-11-16-14-9-5-3-7-12(14)13-8-4-6-10-15(13)16/h3-10,16H,2,11H2,1H3,(H,18,19). The first kappa shape index (κ1) is 12.7. The molecule has 0 radical (unpaired) electrons. The summed E-state index contributed by atoms with van der Waals surface area (Å²) in [7, 11) is 0. The molecular formula is C17H17NO2. The molecule has 0 atom stereocenters. The molecule has 0 saturated carbocycles. The molecule has 102 valence electrons. The monoisotopic (exact) mass is 267 g/mol. The Labute approximate surface area is 118 Å². The van der Waals surface area contributed by atoms with Gasteiger partial charge in [-0.3, -0.25) is 0 Å². The van der Waals surface area contributed by atoms with Crippen LogP contribution in [0.3, 0.4) is 0 Å². The highest BCUT2D eigenvalue weighted by atomic mass is 16.5. The van der Waals surface area contributed by atoms with E-state index >= 15 is 0 Å². The van der Waals surface area contributed by atoms with Crippen molar-refractivity contribution in [2.45, 2.75) is 12.8 Å². The van der Waals surface area contributed by atoms with E-state index in [0.717, 1.165) is 0 Å². The Morgan fingerprint density at radius 3 is 2.15 bits per heavy atom. The van der Waals surface area contributed by atoms with Gasteiger partial charge in [-0.2, -0.15) is 0 Å². The van der Waals surface area contributed by atoms with Crippen LogP contribution in [0.4, 0.5) is 4.79 Å². The Hall–Kier alpha value is -2.29. The van der Waals surface area contributed by atoms with Gasteiger partial charge in [0.15, 0.2) is 0 Å². The van der Waals surface area contributed by atoms with Gasteiger partial charge in [0.05, 0.1) is 0 Å². The minimum atomic E-state index is -0.352. The summed E-state index contributed by atoms with van der Waals surface area (Å²) in [5.74, 6) is 0.130. The maximum atomic E-state index is 11.5. The first-order chi connectivity index (χ1) is 9.81. The van der Waals surface area contributed by atoms with Crippen molar-refractivity contribution in [3.63, 3.8) is 0 Å². The molecule has 0 spiro atoms. The molecule has 0 fully saturated rings. The minimum absolute atomic E-state index is 0.130. The van der Waals surface area contributed by atoms with Gasteiger partial charge in [-0.15, -0.1) is 0 Å². The summed E-state index contributed by atoms with van der Waals surface area (Å²) < 4.78 is 5.33. The van der Waals surface area contributed by atoms with E-state index in [4.69, 9.17) is 4.74 Å². The van der Waals surface area contributed by atoms with Crippen LogP contribution in [-0.4, -0.2) is 19.2 Å². The van der Waals surface area contributed by atoms with E-state index in [9.17, 15) is 4.79 Å². The number of benzene rings is 2. The topological polar surface area (TPSA) is 38.3 Å². The molecule has 1 N–H and O–H groups in total. The predicted octanol–water partition coefficient (Wildman–Crippen LogP) is 3.55. The van der Waals surface area contributed by atoms with Gasteiger partial charge in [0.1, 0.15) is 6.61 Å². The van der Waals surface area contributed by atoms with Crippen molar-refractivity contribution >= 4 is 6.09 Å². The van der Waals surface area contributed by atoms with Crippen LogP contribution < -0.4 is 5.32 Å². The molecule has 1 amide bonds. The summed E-state index contributed by atoms with van der Waals surface area (Å²) in [4.78, 5) is 11.5. The number of amides is 1. The van der Waals surface area contributed by atoms with Crippen molar-refractivity contribution in [1.29, 1.82) is 0 Å². The lowest BCUT2D eigenvalue weighted by Gasteiger charge is -2.14. The van der Waals surface area contributed by atoms with Crippen LogP contribution in [-0.2, 0) is 4.74 Å². The highest BCUT2D eigenvalue weighted by molar-refractivity contribution is 5.79. The van der Waals surface area contributed by atoms with Gasteiger partial charge < -0.3 is 10.1 Å². The number of hydrogen-bond donors (Lipinski definition) is 1. The molecule has 0 bridgehead atoms. The first-order valence-electron chi connectivity index (χ1n) is 6.90. The van der Waals surface area contributed by atoms with Gasteiger partial charge in [0.25, 0.3) is 0 Å². The first-order valence-corrected chi connectivity index (χ1v) is 6.90. The molecule has 0 saturated heterocycles. The molecule has 2 aromatic carbocycles. The zero-order valence-electron chi connectivity index (χ0n) is 11.4. The molecule has 0 aromatic heterocycles. The van der Waals surface area contributed by atoms with E-state index in [1.807, 2.05) is 31.2 Å². The summed E-state index contributed by atoms with van der Waals surface area (Å²) >= 11 is 0. The van der Waals surface area contributed by atoms with Gasteiger partial charge in [-0.1, -0.05) is 48.5 Å². The van der Waals surface area contributed by atoms with Crippen LogP contribution in [0.25, 0.3) is 11.1 Å². The van der Waals surface area contributed by atoms with Crippen LogP contribution in [0, 0.1) is 0 Å². The molecule has 0 heterocycles. The van der Waals surface area contributed by atoms with Gasteiger partial charge >= 0.3 is 6.09 Å². The molecule has 1 aliphatic carbocycles. The number of alkyl carbamates (subject to hydrolysis) is 1. The number of carbonyl (C=O) groups is 1. The number of nitrogens with one attached hydrogen (secondary N) is 1. The van der Waals surface area contributed by atoms with E-state index in [-0.39, 0.29) is 12.0 Å². The fraction of sp³-hybridized carbons (Fsp3) is 0.235. The third kappa shape index (κ3) is 2.16. The number of hydrogen-bond acceptors (Lipinski definition) is 2. The maximum Gasteiger partial charge on any atom is 0.407 e. The van der Waals surface area contributed by atoms with E-state index < -0.39 is 0 Å². The second-order valence-corrected chi connectivity index (χ2v) is 4.86. The molecule has 0 aliphatic heterocycles. The normalized spacial score (nSPS) is 12.7. The molecule has 3 nitrogen and oxygen atoms in total. The van der Waals surface area contributed by atoms with Crippen molar-refractivity contribution in [1.82, 2.24) is 5.32 Å². The quantitative estimate of drug-likeness (QED) is 0.923. The van der Waals surface area contributed by atoms with Gasteiger partial charge in [0.2, 0.25) is 0 Å². The van der Waals surface area contributed by atoms with E-state index in [1.165, 1.54) is 22.3 Å². The summed E-state index contributed by atoms with van der Waals surface area (Å²) in [5, 5.41) is 2.66. The van der Waals surface area contributed by atoms with Crippen LogP contribution in [0.1, 0.15) is 24.0 Å². The largest absolute Gasteiger partial charge is 0.449 e. The second-order valence-electron chi connectivity index (χ2n) is 4.86. The third-order valence-electron chi connectivity index (χ3n) is 3.66. The Bertz CT molecular complexity index is 591. The lowest BCUT2D eigenvalue weighted by atomic mass is 9.98. The van der Waals surface area contributed by atoms with Crippen molar-refractivity contribution in [3.05, 3.63) is 59.7 Å². The molecule has 0 unspecified atom stereocenters. The lowest BCUT2D eigenvalue weighted by molar-refractivity contribution is 0.143. The molecular weight excluding hydrogens is 250 g/mol. The smallest absolute Gasteiger partial charge is 0.407 e. The molecule has 1 aliphatic rings. The van der Waals surface area contributed by atoms with Crippen LogP contribution in [0.5, 0.6) is 0 Å². The zero-order valence-corrected chi connectivity index (χ0v) is 11.4. The predicted molar refractivity (Wildman–Crippen MR) is 78.7 cm³/mol. The molecule has 2 aromatic rings. The van der Waals surface area contributed by atoms with Crippen LogP contribution >= 0.6 is 0 Å². The van der Waals surface area contributed by atoms with E-state index in [0.29, 0.717) is 13.2 Å². The van der Waals surface area contributed by atoms with E-state index in [2.05, 4.69) is 29.6 Å². The molecule has 3 heteroatoms. The minimum Gasteiger partial charge on any atom is -0.449 e. The number of ether oxygens (including phenoxy) is 1. The summed E-state index contributed by atoms with van der Waals surface area (Å²) in [6, 6.07) is 16.6. The van der Waals surface area contributed by atoms with Crippen LogP contribution in [0.15, 0.2) is 48.5 Å². The van der Waals surface area contributed by atoms with Crippen molar-refractivity contribution < 1.29 is 9.53 Å². The lowest BCUT2D eigenvalue weighted by Crippen LogP contribution is -2.25. The van der Waals surface area contributed by atoms with Gasteiger partial charge in [-0.05, 0) is 29.2 Å². The zero-order chi connectivity index (χ0) is 13.9. The average molecular weight is 267 g/mol. The van der Waals surface area contributed by atoms with Crippen LogP contribution in [0.2, 0.25) is 0 Å². The summed E-state index contributed by atoms with van der Waals surface area (Å²) in [6.45, 7) is 2.83. The third-order valence-corrected chi connectivity index (χ3v) is 3.66. The Balaban J connectivity index is 1.89. The Morgan fingerprint density at radius 2 is 1.60 bits per heavy atom. The fourth-order valence-corrected chi connectivity index (χ4v) is 2.79. The van der Waals surface area contributed by atoms with Gasteiger partial charge in [0, 0.05) is 12.5 Å². The molecule has 20 heavy (non-hydrogen) atoms. The van der Waals surface area contributed by atoms with Gasteiger partial charge in [-0.25, -0.2) is 4.79 Å². The fourth-order valence-electron chi connectivity index (χ4n) is 2.79. The molecule has 3 rings (SSSR count). The summed E-state index contributed by atoms with van der Waals surface area (Å²) in [5.41, 5.74) is 4.95. The Morgan fingerprint density at radius 1 is 1.05 bits per heavy atom. The maximum absolute atomic E-state index is 11.5. The van der Waals surface area contributed by atoms with E-state index in [1.54, 1.807) is 0 Å². The summed E-state index contributed by atoms with van der Waals surface area (Å²) in [6.07, 6.45) is -0.352. The highest BCUT2D eigenvalue weighted by Crippen LogP contribution is 2.44. The highest BCUT2D eigenvalue weighted by Gasteiger charge is 2.28. The van der Waals surface area contributed by atoms with Crippen molar-refractivity contribution in [3.8, 4) is 11.1 Å². The van der Waals surface area contributed by atoms with Crippen molar-refractivity contribution in [2.75, 3.05) is 13.2 Å². The van der Waals surface area contributed by atoms with Crippen molar-refractivity contribution in [2.24, 2.45) is 0 Å². The average Bonchev–Trinajstić information content (AvgIpc) is 2.80. The number of rotatable bonds is 3. The SMILES string of the molecule is CCNC(=O)OCC1c2ccccc2-c2ccccc21. The number of fused-ring (bicyclic) bond motifs is 3. The number of carbonyl (C=O) groups excluding carboxylic acids is 1. The second kappa shape index (κ2) is 5.37.